The number of nitrogens with zero attached hydrogens (tertiary/aromatic N) is 3. The molecule has 3 aromatic rings. The Labute approximate surface area is 176 Å². The summed E-state index contributed by atoms with van der Waals surface area (Å²) < 4.78 is 7.49. The van der Waals surface area contributed by atoms with E-state index in [1.54, 1.807) is 6.26 Å². The molecule has 0 saturated carbocycles. The van der Waals surface area contributed by atoms with Gasteiger partial charge in [-0.2, -0.15) is 0 Å². The minimum Gasteiger partial charge on any atom is -0.461 e. The Morgan fingerprint density at radius 2 is 1.90 bits per heavy atom. The quantitative estimate of drug-likeness (QED) is 0.539. The summed E-state index contributed by atoms with van der Waals surface area (Å²) in [5.74, 6) is 1.96. The van der Waals surface area contributed by atoms with Crippen molar-refractivity contribution < 1.29 is 9.21 Å². The molecule has 0 aliphatic heterocycles. The van der Waals surface area contributed by atoms with Gasteiger partial charge in [-0.15, -0.1) is 10.2 Å². The first kappa shape index (κ1) is 21.2. The zero-order chi connectivity index (χ0) is 21.0. The predicted octanol–water partition coefficient (Wildman–Crippen LogP) is 5.22. The summed E-state index contributed by atoms with van der Waals surface area (Å²) in [4.78, 5) is 12.4. The van der Waals surface area contributed by atoms with Gasteiger partial charge in [-0.1, -0.05) is 58.5 Å². The first-order valence-electron chi connectivity index (χ1n) is 9.74. The molecule has 0 aliphatic carbocycles. The van der Waals surface area contributed by atoms with Crippen LogP contribution < -0.4 is 5.32 Å². The summed E-state index contributed by atoms with van der Waals surface area (Å²) in [7, 11) is 0. The van der Waals surface area contributed by atoms with Crippen LogP contribution in [0.3, 0.4) is 0 Å². The van der Waals surface area contributed by atoms with Crippen LogP contribution in [0.1, 0.15) is 40.2 Å². The highest BCUT2D eigenvalue weighted by atomic mass is 32.2. The van der Waals surface area contributed by atoms with Gasteiger partial charge in [0.15, 0.2) is 16.7 Å². The van der Waals surface area contributed by atoms with Crippen molar-refractivity contribution in [2.45, 2.75) is 51.7 Å². The lowest BCUT2D eigenvalue weighted by molar-refractivity contribution is -0.113. The molecule has 0 bridgehead atoms. The first-order valence-corrected chi connectivity index (χ1v) is 10.7. The molecule has 0 spiro atoms. The number of hydrogen-bond acceptors (Lipinski definition) is 5. The molecule has 3 rings (SSSR count). The molecule has 154 valence electrons. The van der Waals surface area contributed by atoms with Crippen LogP contribution in [0, 0.1) is 5.92 Å². The Morgan fingerprint density at radius 1 is 1.17 bits per heavy atom. The number of carbonyl (C=O) groups excluding carboxylic acids is 1. The van der Waals surface area contributed by atoms with E-state index in [1.165, 1.54) is 17.3 Å². The van der Waals surface area contributed by atoms with Gasteiger partial charge >= 0.3 is 0 Å². The van der Waals surface area contributed by atoms with Gasteiger partial charge in [0.25, 0.3) is 0 Å². The van der Waals surface area contributed by atoms with Gasteiger partial charge in [0.1, 0.15) is 0 Å². The maximum absolute atomic E-state index is 12.4. The van der Waals surface area contributed by atoms with E-state index in [4.69, 9.17) is 4.42 Å². The van der Waals surface area contributed by atoms with E-state index >= 15 is 0 Å². The van der Waals surface area contributed by atoms with E-state index < -0.39 is 0 Å². The molecular formula is C22H28N4O2S. The van der Waals surface area contributed by atoms with E-state index in [0.29, 0.717) is 22.7 Å². The maximum Gasteiger partial charge on any atom is 0.234 e. The second kappa shape index (κ2) is 8.86. The van der Waals surface area contributed by atoms with Crippen LogP contribution in [0.4, 0.5) is 5.69 Å². The monoisotopic (exact) mass is 412 g/mol. The largest absolute Gasteiger partial charge is 0.461 e. The third-order valence-electron chi connectivity index (χ3n) is 4.37. The van der Waals surface area contributed by atoms with Gasteiger partial charge in [0.05, 0.1) is 12.0 Å². The Hall–Kier alpha value is -2.54. The van der Waals surface area contributed by atoms with Crippen LogP contribution in [0.5, 0.6) is 0 Å². The molecule has 0 saturated heterocycles. The van der Waals surface area contributed by atoms with Gasteiger partial charge in [-0.3, -0.25) is 9.36 Å². The number of anilines is 1. The van der Waals surface area contributed by atoms with Crippen LogP contribution in [0.25, 0.3) is 11.6 Å². The van der Waals surface area contributed by atoms with Crippen molar-refractivity contribution in [1.82, 2.24) is 14.8 Å². The van der Waals surface area contributed by atoms with Crippen molar-refractivity contribution in [1.29, 1.82) is 0 Å². The van der Waals surface area contributed by atoms with E-state index in [9.17, 15) is 4.79 Å². The Balaban J connectivity index is 1.65. The summed E-state index contributed by atoms with van der Waals surface area (Å²) in [5.41, 5.74) is 2.12. The van der Waals surface area contributed by atoms with Crippen LogP contribution >= 0.6 is 11.8 Å². The summed E-state index contributed by atoms with van der Waals surface area (Å²) in [6, 6.07) is 11.7. The molecule has 0 atom stereocenters. The molecule has 2 aromatic heterocycles. The van der Waals surface area contributed by atoms with Crippen LogP contribution in [0.15, 0.2) is 52.2 Å². The van der Waals surface area contributed by atoms with E-state index in [2.05, 4.69) is 62.3 Å². The fourth-order valence-corrected chi connectivity index (χ4v) is 3.64. The molecule has 6 nitrogen and oxygen atoms in total. The molecular weight excluding hydrogens is 384 g/mol. The zero-order valence-electron chi connectivity index (χ0n) is 17.6. The van der Waals surface area contributed by atoms with Crippen molar-refractivity contribution in [3.63, 3.8) is 0 Å². The molecule has 29 heavy (non-hydrogen) atoms. The number of hydrogen-bond donors (Lipinski definition) is 1. The van der Waals surface area contributed by atoms with Crippen molar-refractivity contribution in [3.8, 4) is 11.6 Å². The standard InChI is InChI=1S/C22H28N4O2S/c1-15(2)13-26-20(18-7-6-12-28-18)24-25-21(26)29-14-19(27)23-17-10-8-16(9-11-17)22(3,4)5/h6-12,15H,13-14H2,1-5H3,(H,23,27). The topological polar surface area (TPSA) is 73.0 Å². The van der Waals surface area contributed by atoms with Crippen LogP contribution in [-0.2, 0) is 16.8 Å². The molecule has 0 radical (unpaired) electrons. The average Bonchev–Trinajstić information content (AvgIpc) is 3.29. The number of benzene rings is 1. The van der Waals surface area contributed by atoms with Crippen molar-refractivity contribution in [2.24, 2.45) is 5.92 Å². The number of furan rings is 1. The number of rotatable bonds is 7. The van der Waals surface area contributed by atoms with Crippen LogP contribution in [-0.4, -0.2) is 26.4 Å². The number of amides is 1. The number of nitrogens with one attached hydrogen (secondary N) is 1. The van der Waals surface area contributed by atoms with Crippen molar-refractivity contribution in [3.05, 3.63) is 48.2 Å². The Morgan fingerprint density at radius 3 is 2.48 bits per heavy atom. The van der Waals surface area contributed by atoms with Crippen LogP contribution in [0.2, 0.25) is 0 Å². The third kappa shape index (κ3) is 5.50. The molecule has 1 amide bonds. The number of thioether (sulfide) groups is 1. The smallest absolute Gasteiger partial charge is 0.234 e. The second-order valence-electron chi connectivity index (χ2n) is 8.45. The molecule has 2 heterocycles. The predicted molar refractivity (Wildman–Crippen MR) is 117 cm³/mol. The minimum atomic E-state index is -0.0721. The lowest BCUT2D eigenvalue weighted by atomic mass is 9.87. The molecule has 0 aliphatic rings. The molecule has 7 heteroatoms. The van der Waals surface area contributed by atoms with Gasteiger partial charge in [0, 0.05) is 12.2 Å². The van der Waals surface area contributed by atoms with Gasteiger partial charge < -0.3 is 9.73 Å². The fraction of sp³-hybridized carbons (Fsp3) is 0.409. The van der Waals surface area contributed by atoms with E-state index in [0.717, 1.165) is 12.2 Å². The van der Waals surface area contributed by atoms with Gasteiger partial charge in [-0.05, 0) is 41.2 Å². The van der Waals surface area contributed by atoms with E-state index in [-0.39, 0.29) is 17.1 Å². The average molecular weight is 413 g/mol. The SMILES string of the molecule is CC(C)Cn1c(SCC(=O)Nc2ccc(C(C)(C)C)cc2)nnc1-c1ccco1. The van der Waals surface area contributed by atoms with Crippen molar-refractivity contribution in [2.75, 3.05) is 11.1 Å². The third-order valence-corrected chi connectivity index (χ3v) is 5.34. The molecule has 0 fully saturated rings. The number of aromatic nitrogens is 3. The Kier molecular flexibility index (Phi) is 6.47. The minimum absolute atomic E-state index is 0.0721. The summed E-state index contributed by atoms with van der Waals surface area (Å²) in [5, 5.41) is 12.2. The summed E-state index contributed by atoms with van der Waals surface area (Å²) >= 11 is 1.38. The summed E-state index contributed by atoms with van der Waals surface area (Å²) in [6.07, 6.45) is 1.62. The highest BCUT2D eigenvalue weighted by molar-refractivity contribution is 7.99. The van der Waals surface area contributed by atoms with Gasteiger partial charge in [-0.25, -0.2) is 0 Å². The number of carbonyl (C=O) groups is 1. The van der Waals surface area contributed by atoms with Crippen molar-refractivity contribution >= 4 is 23.4 Å². The molecule has 1 N–H and O–H groups in total. The molecule has 1 aromatic carbocycles. The fourth-order valence-electron chi connectivity index (χ4n) is 2.89. The van der Waals surface area contributed by atoms with E-state index in [1.807, 2.05) is 28.8 Å². The zero-order valence-corrected chi connectivity index (χ0v) is 18.4. The molecule has 0 unspecified atom stereocenters. The Bertz CT molecular complexity index is 938. The highest BCUT2D eigenvalue weighted by Crippen LogP contribution is 2.26. The lowest BCUT2D eigenvalue weighted by Crippen LogP contribution is -2.16. The van der Waals surface area contributed by atoms with Gasteiger partial charge in [0.2, 0.25) is 5.91 Å². The first-order chi connectivity index (χ1) is 13.7. The highest BCUT2D eigenvalue weighted by Gasteiger charge is 2.18. The normalized spacial score (nSPS) is 11.8. The lowest BCUT2D eigenvalue weighted by Gasteiger charge is -2.19. The summed E-state index contributed by atoms with van der Waals surface area (Å²) in [6.45, 7) is 11.5. The maximum atomic E-state index is 12.4. The second-order valence-corrected chi connectivity index (χ2v) is 9.39.